The Morgan fingerprint density at radius 3 is 2.93 bits per heavy atom. The second-order valence-electron chi connectivity index (χ2n) is 4.26. The van der Waals surface area contributed by atoms with Crippen molar-refractivity contribution >= 4 is 5.97 Å². The molecule has 0 atom stereocenters. The molecule has 4 heteroatoms. The SMILES string of the molecule is O=C(O)Cc1cncn1CC1CCCC1. The molecular formula is C11H16N2O2. The van der Waals surface area contributed by atoms with Crippen molar-refractivity contribution in [2.75, 3.05) is 0 Å². The van der Waals surface area contributed by atoms with Crippen LogP contribution in [0.15, 0.2) is 12.5 Å². The summed E-state index contributed by atoms with van der Waals surface area (Å²) in [6.07, 6.45) is 8.64. The summed E-state index contributed by atoms with van der Waals surface area (Å²) in [7, 11) is 0. The normalized spacial score (nSPS) is 17.1. The van der Waals surface area contributed by atoms with Gasteiger partial charge in [0.2, 0.25) is 0 Å². The Bertz CT molecular complexity index is 340. The van der Waals surface area contributed by atoms with E-state index < -0.39 is 5.97 Å². The van der Waals surface area contributed by atoms with Gasteiger partial charge in [-0.1, -0.05) is 12.8 Å². The number of imidazole rings is 1. The third-order valence-corrected chi connectivity index (χ3v) is 3.06. The lowest BCUT2D eigenvalue weighted by Gasteiger charge is -2.11. The maximum atomic E-state index is 10.6. The number of hydrogen-bond acceptors (Lipinski definition) is 2. The van der Waals surface area contributed by atoms with Gasteiger partial charge in [-0.05, 0) is 18.8 Å². The van der Waals surface area contributed by atoms with Gasteiger partial charge in [-0.3, -0.25) is 4.79 Å². The van der Waals surface area contributed by atoms with Crippen molar-refractivity contribution < 1.29 is 9.90 Å². The average Bonchev–Trinajstić information content (AvgIpc) is 2.78. The van der Waals surface area contributed by atoms with Gasteiger partial charge in [0.05, 0.1) is 12.7 Å². The van der Waals surface area contributed by atoms with Crippen molar-refractivity contribution in [1.29, 1.82) is 0 Å². The van der Waals surface area contributed by atoms with Crippen molar-refractivity contribution in [3.63, 3.8) is 0 Å². The van der Waals surface area contributed by atoms with E-state index >= 15 is 0 Å². The number of carboxylic acids is 1. The molecule has 0 spiro atoms. The van der Waals surface area contributed by atoms with Gasteiger partial charge in [-0.2, -0.15) is 0 Å². The second kappa shape index (κ2) is 4.47. The molecule has 1 aromatic heterocycles. The van der Waals surface area contributed by atoms with Crippen molar-refractivity contribution in [3.8, 4) is 0 Å². The zero-order chi connectivity index (χ0) is 10.7. The van der Waals surface area contributed by atoms with Crippen LogP contribution in [0.25, 0.3) is 0 Å². The van der Waals surface area contributed by atoms with Gasteiger partial charge in [0.15, 0.2) is 0 Å². The number of nitrogens with zero attached hydrogens (tertiary/aromatic N) is 2. The van der Waals surface area contributed by atoms with Crippen LogP contribution in [0.5, 0.6) is 0 Å². The molecule has 0 unspecified atom stereocenters. The number of hydrogen-bond donors (Lipinski definition) is 1. The van der Waals surface area contributed by atoms with E-state index in [2.05, 4.69) is 4.98 Å². The first-order chi connectivity index (χ1) is 7.25. The van der Waals surface area contributed by atoms with Gasteiger partial charge in [-0.25, -0.2) is 4.98 Å². The maximum Gasteiger partial charge on any atom is 0.309 e. The van der Waals surface area contributed by atoms with Crippen LogP contribution in [0, 0.1) is 5.92 Å². The van der Waals surface area contributed by atoms with Crippen LogP contribution >= 0.6 is 0 Å². The average molecular weight is 208 g/mol. The van der Waals surface area contributed by atoms with Crippen molar-refractivity contribution in [1.82, 2.24) is 9.55 Å². The Hall–Kier alpha value is -1.32. The lowest BCUT2D eigenvalue weighted by Crippen LogP contribution is -2.12. The number of carbonyl (C=O) groups is 1. The summed E-state index contributed by atoms with van der Waals surface area (Å²) in [5.74, 6) is -0.0742. The number of aliphatic carboxylic acids is 1. The predicted octanol–water partition coefficient (Wildman–Crippen LogP) is 1.70. The Morgan fingerprint density at radius 1 is 1.53 bits per heavy atom. The summed E-state index contributed by atoms with van der Waals surface area (Å²) in [6, 6.07) is 0. The number of aromatic nitrogens is 2. The molecular weight excluding hydrogens is 192 g/mol. The standard InChI is InChI=1S/C11H16N2O2/c14-11(15)5-10-6-12-8-13(10)7-9-3-1-2-4-9/h6,8-9H,1-5,7H2,(H,14,15). The van der Waals surface area contributed by atoms with Crippen LogP contribution in [-0.2, 0) is 17.8 Å². The third-order valence-electron chi connectivity index (χ3n) is 3.06. The van der Waals surface area contributed by atoms with E-state index in [-0.39, 0.29) is 6.42 Å². The summed E-state index contributed by atoms with van der Waals surface area (Å²) in [5.41, 5.74) is 0.814. The van der Waals surface area contributed by atoms with Gasteiger partial charge in [0, 0.05) is 18.4 Å². The van der Waals surface area contributed by atoms with Gasteiger partial charge in [-0.15, -0.1) is 0 Å². The quantitative estimate of drug-likeness (QED) is 0.819. The van der Waals surface area contributed by atoms with Crippen LogP contribution in [-0.4, -0.2) is 20.6 Å². The zero-order valence-electron chi connectivity index (χ0n) is 8.72. The summed E-state index contributed by atoms with van der Waals surface area (Å²) in [6.45, 7) is 0.933. The fraction of sp³-hybridized carbons (Fsp3) is 0.636. The van der Waals surface area contributed by atoms with Gasteiger partial charge >= 0.3 is 5.97 Å². The largest absolute Gasteiger partial charge is 0.481 e. The molecule has 1 heterocycles. The molecule has 0 radical (unpaired) electrons. The highest BCUT2D eigenvalue weighted by Crippen LogP contribution is 2.26. The van der Waals surface area contributed by atoms with E-state index in [0.29, 0.717) is 5.92 Å². The molecule has 1 N–H and O–H groups in total. The Balaban J connectivity index is 2.00. The molecule has 1 aromatic rings. The van der Waals surface area contributed by atoms with Crippen LogP contribution in [0.4, 0.5) is 0 Å². The molecule has 1 aliphatic carbocycles. The van der Waals surface area contributed by atoms with Crippen LogP contribution in [0.3, 0.4) is 0 Å². The molecule has 1 aliphatic rings. The van der Waals surface area contributed by atoms with E-state index in [1.807, 2.05) is 4.57 Å². The second-order valence-corrected chi connectivity index (χ2v) is 4.26. The molecule has 0 amide bonds. The van der Waals surface area contributed by atoms with Crippen molar-refractivity contribution in [2.45, 2.75) is 38.6 Å². The minimum atomic E-state index is -0.789. The predicted molar refractivity (Wildman–Crippen MR) is 55.5 cm³/mol. The highest BCUT2D eigenvalue weighted by atomic mass is 16.4. The molecule has 2 rings (SSSR count). The first kappa shape index (κ1) is 10.2. The van der Waals surface area contributed by atoms with E-state index in [0.717, 1.165) is 12.2 Å². The van der Waals surface area contributed by atoms with Crippen molar-refractivity contribution in [2.24, 2.45) is 5.92 Å². The van der Waals surface area contributed by atoms with Crippen LogP contribution in [0.1, 0.15) is 31.4 Å². The van der Waals surface area contributed by atoms with Gasteiger partial charge in [0.1, 0.15) is 0 Å². The fourth-order valence-corrected chi connectivity index (χ4v) is 2.29. The van der Waals surface area contributed by atoms with E-state index in [1.54, 1.807) is 12.5 Å². The van der Waals surface area contributed by atoms with Crippen LogP contribution < -0.4 is 0 Å². The molecule has 1 saturated carbocycles. The Labute approximate surface area is 88.9 Å². The minimum Gasteiger partial charge on any atom is -0.481 e. The summed E-state index contributed by atoms with van der Waals surface area (Å²) < 4.78 is 1.99. The molecule has 0 bridgehead atoms. The Morgan fingerprint density at radius 2 is 2.27 bits per heavy atom. The molecule has 82 valence electrons. The molecule has 0 saturated heterocycles. The molecule has 0 aliphatic heterocycles. The molecule has 15 heavy (non-hydrogen) atoms. The van der Waals surface area contributed by atoms with Gasteiger partial charge < -0.3 is 9.67 Å². The third kappa shape index (κ3) is 2.58. The van der Waals surface area contributed by atoms with E-state index in [1.165, 1.54) is 25.7 Å². The van der Waals surface area contributed by atoms with E-state index in [4.69, 9.17) is 5.11 Å². The van der Waals surface area contributed by atoms with Gasteiger partial charge in [0.25, 0.3) is 0 Å². The fourth-order valence-electron chi connectivity index (χ4n) is 2.29. The zero-order valence-corrected chi connectivity index (χ0v) is 8.72. The van der Waals surface area contributed by atoms with Crippen LogP contribution in [0.2, 0.25) is 0 Å². The monoisotopic (exact) mass is 208 g/mol. The summed E-state index contributed by atoms with van der Waals surface area (Å²) in [4.78, 5) is 14.6. The number of rotatable bonds is 4. The molecule has 0 aromatic carbocycles. The first-order valence-electron chi connectivity index (χ1n) is 5.46. The lowest BCUT2D eigenvalue weighted by atomic mass is 10.1. The lowest BCUT2D eigenvalue weighted by molar-refractivity contribution is -0.136. The summed E-state index contributed by atoms with van der Waals surface area (Å²) >= 11 is 0. The topological polar surface area (TPSA) is 55.1 Å². The smallest absolute Gasteiger partial charge is 0.309 e. The summed E-state index contributed by atoms with van der Waals surface area (Å²) in [5, 5.41) is 8.73. The molecule has 1 fully saturated rings. The minimum absolute atomic E-state index is 0.0761. The van der Waals surface area contributed by atoms with E-state index in [9.17, 15) is 4.79 Å². The number of carboxylic acid groups (broad SMARTS) is 1. The molecule has 4 nitrogen and oxygen atoms in total. The highest BCUT2D eigenvalue weighted by molar-refractivity contribution is 5.69. The van der Waals surface area contributed by atoms with Crippen molar-refractivity contribution in [3.05, 3.63) is 18.2 Å². The Kier molecular flexibility index (Phi) is 3.04. The maximum absolute atomic E-state index is 10.6. The highest BCUT2D eigenvalue weighted by Gasteiger charge is 2.17. The first-order valence-corrected chi connectivity index (χ1v) is 5.46.